The molecule has 0 amide bonds. The van der Waals surface area contributed by atoms with Gasteiger partial charge in [0, 0.05) is 16.9 Å². The van der Waals surface area contributed by atoms with Crippen molar-refractivity contribution >= 4 is 31.0 Å². The van der Waals surface area contributed by atoms with Crippen molar-refractivity contribution in [3.05, 3.63) is 102 Å². The number of hydrogen-bond acceptors (Lipinski definition) is 5. The Balaban J connectivity index is 2.11. The lowest BCUT2D eigenvalue weighted by Crippen LogP contribution is -2.08. The van der Waals surface area contributed by atoms with Gasteiger partial charge in [-0.3, -0.25) is 9.11 Å². The zero-order valence-electron chi connectivity index (χ0n) is 16.5. The summed E-state index contributed by atoms with van der Waals surface area (Å²) in [5.74, 6) is -1.28. The summed E-state index contributed by atoms with van der Waals surface area (Å²) in [4.78, 5) is -1.39. The van der Waals surface area contributed by atoms with E-state index < -0.39 is 41.7 Å². The highest BCUT2D eigenvalue weighted by Crippen LogP contribution is 2.43. The molecule has 0 saturated carbocycles. The van der Waals surface area contributed by atoms with Gasteiger partial charge in [0.1, 0.15) is 10.6 Å². The summed E-state index contributed by atoms with van der Waals surface area (Å²) < 4.78 is 66.9. The van der Waals surface area contributed by atoms with E-state index in [-0.39, 0.29) is 16.3 Å². The third-order valence-corrected chi connectivity index (χ3v) is 6.98. The second-order valence-corrected chi connectivity index (χ2v) is 10.0. The van der Waals surface area contributed by atoms with E-state index in [1.165, 1.54) is 12.1 Å². The molecule has 0 aliphatic heterocycles. The zero-order valence-corrected chi connectivity index (χ0v) is 18.1. The number of benzene rings is 4. The SMILES string of the molecule is O=S(=O)(O)c1ccc2cc(C(c3ccccc3)c3ccccc3)c(O)c(S(=O)(=O)O)c2c1. The second-order valence-electron chi connectivity index (χ2n) is 7.23. The lowest BCUT2D eigenvalue weighted by Gasteiger charge is -2.22. The van der Waals surface area contributed by atoms with Gasteiger partial charge in [0.15, 0.2) is 0 Å². The molecule has 0 fully saturated rings. The lowest BCUT2D eigenvalue weighted by molar-refractivity contribution is 0.439. The van der Waals surface area contributed by atoms with Crippen LogP contribution in [0.3, 0.4) is 0 Å². The lowest BCUT2D eigenvalue weighted by atomic mass is 9.84. The minimum absolute atomic E-state index is 0.210. The van der Waals surface area contributed by atoms with E-state index in [1.54, 1.807) is 0 Å². The van der Waals surface area contributed by atoms with Crippen LogP contribution >= 0.6 is 0 Å². The molecule has 0 bridgehead atoms. The van der Waals surface area contributed by atoms with Crippen LogP contribution < -0.4 is 0 Å². The first-order valence-electron chi connectivity index (χ1n) is 9.42. The Labute approximate surface area is 185 Å². The fourth-order valence-corrected chi connectivity index (χ4v) is 5.16. The van der Waals surface area contributed by atoms with Crippen LogP contribution in [0.25, 0.3) is 10.8 Å². The molecular formula is C23H18O7S2. The van der Waals surface area contributed by atoms with Gasteiger partial charge in [-0.25, -0.2) is 0 Å². The number of phenolic OH excluding ortho intramolecular Hbond substituents is 1. The molecule has 0 aliphatic carbocycles. The third-order valence-electron chi connectivity index (χ3n) is 5.20. The van der Waals surface area contributed by atoms with Gasteiger partial charge in [0.2, 0.25) is 0 Å². The Morgan fingerprint density at radius 3 is 1.66 bits per heavy atom. The van der Waals surface area contributed by atoms with Gasteiger partial charge in [-0.2, -0.15) is 16.8 Å². The largest absolute Gasteiger partial charge is 0.506 e. The van der Waals surface area contributed by atoms with Gasteiger partial charge < -0.3 is 5.11 Å². The number of fused-ring (bicyclic) bond motifs is 1. The average molecular weight is 471 g/mol. The van der Waals surface area contributed by atoms with Crippen LogP contribution in [0, 0.1) is 0 Å². The van der Waals surface area contributed by atoms with Crippen molar-refractivity contribution < 1.29 is 31.0 Å². The first-order valence-corrected chi connectivity index (χ1v) is 12.3. The van der Waals surface area contributed by atoms with Crippen LogP contribution in [0.4, 0.5) is 0 Å². The van der Waals surface area contributed by atoms with Crippen molar-refractivity contribution in [3.63, 3.8) is 0 Å². The molecule has 0 unspecified atom stereocenters. The number of rotatable bonds is 5. The summed E-state index contributed by atoms with van der Waals surface area (Å²) in [6, 6.07) is 23.1. The minimum Gasteiger partial charge on any atom is -0.506 e. The topological polar surface area (TPSA) is 129 Å². The van der Waals surface area contributed by atoms with E-state index >= 15 is 0 Å². The van der Waals surface area contributed by atoms with E-state index in [1.807, 2.05) is 60.7 Å². The molecule has 32 heavy (non-hydrogen) atoms. The molecule has 4 aromatic rings. The molecule has 0 aromatic heterocycles. The molecule has 0 spiro atoms. The Hall–Kier alpha value is -3.24. The quantitative estimate of drug-likeness (QED) is 0.294. The summed E-state index contributed by atoms with van der Waals surface area (Å²) in [7, 11) is -9.61. The van der Waals surface area contributed by atoms with Crippen LogP contribution in [0.5, 0.6) is 5.75 Å². The number of aromatic hydroxyl groups is 1. The van der Waals surface area contributed by atoms with E-state index in [0.29, 0.717) is 0 Å². The van der Waals surface area contributed by atoms with Gasteiger partial charge in [0.05, 0.1) is 4.90 Å². The summed E-state index contributed by atoms with van der Waals surface area (Å²) >= 11 is 0. The molecular weight excluding hydrogens is 452 g/mol. The van der Waals surface area contributed by atoms with Crippen LogP contribution in [0.2, 0.25) is 0 Å². The molecule has 0 aliphatic rings. The van der Waals surface area contributed by atoms with E-state index in [4.69, 9.17) is 0 Å². The third kappa shape index (κ3) is 4.11. The van der Waals surface area contributed by atoms with Crippen molar-refractivity contribution in [2.45, 2.75) is 15.7 Å². The first kappa shape index (κ1) is 22.0. The van der Waals surface area contributed by atoms with Gasteiger partial charge in [-0.15, -0.1) is 0 Å². The standard InChI is InChI=1S/C23H18O7S2/c24-22-20(21(15-7-3-1-4-8-15)16-9-5-2-6-10-16)13-17-11-12-18(31(25,26)27)14-19(17)23(22)32(28,29)30/h1-14,21,24H,(H,25,26,27)(H,28,29,30). The minimum atomic E-state index is -4.97. The van der Waals surface area contributed by atoms with E-state index in [2.05, 4.69) is 0 Å². The maximum Gasteiger partial charge on any atom is 0.298 e. The first-order chi connectivity index (χ1) is 15.1. The van der Waals surface area contributed by atoms with Crippen molar-refractivity contribution in [1.82, 2.24) is 0 Å². The zero-order chi connectivity index (χ0) is 23.1. The van der Waals surface area contributed by atoms with Crippen molar-refractivity contribution in [2.75, 3.05) is 0 Å². The molecule has 9 heteroatoms. The fourth-order valence-electron chi connectivity index (χ4n) is 3.84. The molecule has 0 atom stereocenters. The Kier molecular flexibility index (Phi) is 5.51. The molecule has 4 aromatic carbocycles. The molecule has 0 heterocycles. The molecule has 7 nitrogen and oxygen atoms in total. The summed E-state index contributed by atoms with van der Waals surface area (Å²) in [5.41, 5.74) is 1.75. The highest BCUT2D eigenvalue weighted by atomic mass is 32.2. The predicted octanol–water partition coefficient (Wildman–Crippen LogP) is 4.22. The summed E-state index contributed by atoms with van der Waals surface area (Å²) in [6.45, 7) is 0. The highest BCUT2D eigenvalue weighted by Gasteiger charge is 2.29. The van der Waals surface area contributed by atoms with Gasteiger partial charge in [-0.1, -0.05) is 66.7 Å². The normalized spacial score (nSPS) is 12.3. The van der Waals surface area contributed by atoms with Gasteiger partial charge in [0.25, 0.3) is 20.2 Å². The monoisotopic (exact) mass is 470 g/mol. The van der Waals surface area contributed by atoms with Crippen molar-refractivity contribution in [3.8, 4) is 5.75 Å². The van der Waals surface area contributed by atoms with Crippen LogP contribution in [-0.4, -0.2) is 31.0 Å². The maximum absolute atomic E-state index is 12.3. The Morgan fingerprint density at radius 2 is 1.19 bits per heavy atom. The Morgan fingerprint density at radius 1 is 0.656 bits per heavy atom. The van der Waals surface area contributed by atoms with E-state index in [0.717, 1.165) is 23.3 Å². The summed E-state index contributed by atoms with van der Waals surface area (Å²) in [6.07, 6.45) is 0. The summed E-state index contributed by atoms with van der Waals surface area (Å²) in [5, 5.41) is 11.1. The number of hydrogen-bond donors (Lipinski definition) is 3. The predicted molar refractivity (Wildman–Crippen MR) is 119 cm³/mol. The smallest absolute Gasteiger partial charge is 0.298 e. The van der Waals surface area contributed by atoms with Crippen LogP contribution in [0.1, 0.15) is 22.6 Å². The highest BCUT2D eigenvalue weighted by molar-refractivity contribution is 7.86. The van der Waals surface area contributed by atoms with Crippen LogP contribution in [-0.2, 0) is 20.2 Å². The van der Waals surface area contributed by atoms with Gasteiger partial charge in [-0.05, 0) is 34.7 Å². The number of phenols is 1. The Bertz CT molecular complexity index is 1470. The fraction of sp³-hybridized carbons (Fsp3) is 0.0435. The average Bonchev–Trinajstić information content (AvgIpc) is 2.74. The maximum atomic E-state index is 12.3. The van der Waals surface area contributed by atoms with Crippen molar-refractivity contribution in [2.24, 2.45) is 0 Å². The van der Waals surface area contributed by atoms with E-state index in [9.17, 15) is 31.0 Å². The molecule has 164 valence electrons. The molecule has 4 rings (SSSR count). The van der Waals surface area contributed by atoms with Gasteiger partial charge >= 0.3 is 0 Å². The van der Waals surface area contributed by atoms with Crippen molar-refractivity contribution in [1.29, 1.82) is 0 Å². The van der Waals surface area contributed by atoms with Crippen LogP contribution in [0.15, 0.2) is 94.7 Å². The second kappa shape index (κ2) is 8.03. The molecule has 0 radical (unpaired) electrons. The molecule has 3 N–H and O–H groups in total. The molecule has 0 saturated heterocycles.